The van der Waals surface area contributed by atoms with Gasteiger partial charge in [-0.25, -0.2) is 9.59 Å². The third kappa shape index (κ3) is 1.41. The van der Waals surface area contributed by atoms with Crippen molar-refractivity contribution in [2.24, 2.45) is 0 Å². The van der Waals surface area contributed by atoms with Crippen LogP contribution in [-0.2, 0) is 0 Å². The van der Waals surface area contributed by atoms with E-state index in [0.29, 0.717) is 0 Å². The van der Waals surface area contributed by atoms with E-state index in [4.69, 9.17) is 5.11 Å². The highest BCUT2D eigenvalue weighted by atomic mass is 16.4. The third-order valence-corrected chi connectivity index (χ3v) is 2.31. The van der Waals surface area contributed by atoms with Gasteiger partial charge in [0.1, 0.15) is 0 Å². The molecule has 0 atom stereocenters. The zero-order chi connectivity index (χ0) is 10.3. The summed E-state index contributed by atoms with van der Waals surface area (Å²) >= 11 is 0. The van der Waals surface area contributed by atoms with Gasteiger partial charge in [0.2, 0.25) is 0 Å². The van der Waals surface area contributed by atoms with Crippen molar-refractivity contribution >= 4 is 5.97 Å². The second-order valence-corrected chi connectivity index (χ2v) is 3.47. The van der Waals surface area contributed by atoms with Crippen molar-refractivity contribution in [3.05, 3.63) is 27.9 Å². The van der Waals surface area contributed by atoms with Crippen molar-refractivity contribution in [3.63, 3.8) is 0 Å². The normalized spacial score (nSPS) is 15.5. The molecule has 1 aliphatic carbocycles. The van der Waals surface area contributed by atoms with E-state index < -0.39 is 5.97 Å². The van der Waals surface area contributed by atoms with Gasteiger partial charge in [-0.15, -0.1) is 0 Å². The van der Waals surface area contributed by atoms with Crippen molar-refractivity contribution in [2.45, 2.75) is 25.8 Å². The Labute approximate surface area is 80.0 Å². The molecule has 0 aromatic carbocycles. The predicted octanol–water partition coefficient (Wildman–Crippen LogP) is 0.585. The van der Waals surface area contributed by atoms with Crippen molar-refractivity contribution < 1.29 is 9.90 Å². The van der Waals surface area contributed by atoms with Crippen molar-refractivity contribution in [3.8, 4) is 0 Å². The van der Waals surface area contributed by atoms with Crippen LogP contribution in [0.3, 0.4) is 0 Å². The molecule has 1 aromatic heterocycles. The maximum absolute atomic E-state index is 11.4. The first kappa shape index (κ1) is 8.93. The number of rotatable bonds is 2. The number of hydrogen-bond acceptors (Lipinski definition) is 3. The van der Waals surface area contributed by atoms with Crippen LogP contribution < -0.4 is 5.69 Å². The van der Waals surface area contributed by atoms with Crippen LogP contribution in [0.25, 0.3) is 0 Å². The first-order valence-electron chi connectivity index (χ1n) is 4.42. The number of carboxylic acids is 1. The van der Waals surface area contributed by atoms with E-state index >= 15 is 0 Å². The molecule has 74 valence electrons. The van der Waals surface area contributed by atoms with Gasteiger partial charge in [-0.1, -0.05) is 0 Å². The summed E-state index contributed by atoms with van der Waals surface area (Å²) in [7, 11) is 0. The van der Waals surface area contributed by atoms with Gasteiger partial charge in [0.15, 0.2) is 0 Å². The molecule has 1 aromatic rings. The number of aryl methyl sites for hydroxylation is 1. The van der Waals surface area contributed by atoms with Crippen LogP contribution in [0.5, 0.6) is 0 Å². The van der Waals surface area contributed by atoms with Crippen molar-refractivity contribution in [1.29, 1.82) is 0 Å². The molecule has 0 bridgehead atoms. The van der Waals surface area contributed by atoms with Crippen molar-refractivity contribution in [2.75, 3.05) is 0 Å². The zero-order valence-electron chi connectivity index (χ0n) is 7.73. The smallest absolute Gasteiger partial charge is 0.348 e. The van der Waals surface area contributed by atoms with Crippen molar-refractivity contribution in [1.82, 2.24) is 9.55 Å². The van der Waals surface area contributed by atoms with Crippen LogP contribution in [0.1, 0.15) is 34.9 Å². The molecular weight excluding hydrogens is 184 g/mol. The maximum Gasteiger partial charge on any atom is 0.348 e. The minimum absolute atomic E-state index is 0.108. The molecule has 2 rings (SSSR count). The van der Waals surface area contributed by atoms with Gasteiger partial charge in [0.25, 0.3) is 0 Å². The minimum atomic E-state index is -1.04. The fourth-order valence-corrected chi connectivity index (χ4v) is 1.37. The Hall–Kier alpha value is -1.65. The molecule has 0 unspecified atom stereocenters. The molecule has 1 heterocycles. The standard InChI is InChI=1S/C9H10N2O3/c1-5-7(8(12)13)4-11(6-2-3-6)9(14)10-5/h4,6H,2-3H2,1H3,(H,12,13). The molecule has 0 spiro atoms. The van der Waals surface area contributed by atoms with E-state index in [9.17, 15) is 9.59 Å². The average molecular weight is 194 g/mol. The summed E-state index contributed by atoms with van der Waals surface area (Å²) in [6.45, 7) is 1.53. The Morgan fingerprint density at radius 2 is 2.29 bits per heavy atom. The third-order valence-electron chi connectivity index (χ3n) is 2.31. The molecule has 5 heteroatoms. The number of aromatic carboxylic acids is 1. The summed E-state index contributed by atoms with van der Waals surface area (Å²) in [6, 6.07) is 0.161. The minimum Gasteiger partial charge on any atom is -0.478 e. The van der Waals surface area contributed by atoms with E-state index in [-0.39, 0.29) is 23.0 Å². The lowest BCUT2D eigenvalue weighted by molar-refractivity contribution is 0.0694. The van der Waals surface area contributed by atoms with E-state index in [2.05, 4.69) is 4.98 Å². The van der Waals surface area contributed by atoms with Gasteiger partial charge in [-0.2, -0.15) is 4.98 Å². The lowest BCUT2D eigenvalue weighted by Gasteiger charge is -2.05. The number of aromatic nitrogens is 2. The Kier molecular flexibility index (Phi) is 1.87. The Balaban J connectivity index is 2.57. The van der Waals surface area contributed by atoms with E-state index in [1.807, 2.05) is 0 Å². The monoisotopic (exact) mass is 194 g/mol. The van der Waals surface area contributed by atoms with Crippen LogP contribution >= 0.6 is 0 Å². The highest BCUT2D eigenvalue weighted by Gasteiger charge is 2.26. The lowest BCUT2D eigenvalue weighted by atomic mass is 10.2. The highest BCUT2D eigenvalue weighted by molar-refractivity contribution is 5.88. The number of carboxylic acid groups (broad SMARTS) is 1. The fourth-order valence-electron chi connectivity index (χ4n) is 1.37. The summed E-state index contributed by atoms with van der Waals surface area (Å²) in [4.78, 5) is 25.8. The summed E-state index contributed by atoms with van der Waals surface area (Å²) < 4.78 is 1.41. The van der Waals surface area contributed by atoms with Crippen LogP contribution in [0.2, 0.25) is 0 Å². The van der Waals surface area contributed by atoms with E-state index in [0.717, 1.165) is 12.8 Å². The molecule has 5 nitrogen and oxygen atoms in total. The molecule has 0 saturated heterocycles. The Morgan fingerprint density at radius 1 is 1.64 bits per heavy atom. The topological polar surface area (TPSA) is 72.2 Å². The molecule has 0 amide bonds. The second kappa shape index (κ2) is 2.94. The molecule has 1 N–H and O–H groups in total. The molecule has 1 saturated carbocycles. The SMILES string of the molecule is Cc1nc(=O)n(C2CC2)cc1C(=O)O. The predicted molar refractivity (Wildman–Crippen MR) is 48.5 cm³/mol. The Bertz CT molecular complexity index is 446. The van der Waals surface area contributed by atoms with Gasteiger partial charge in [0, 0.05) is 12.2 Å². The molecule has 0 radical (unpaired) electrons. The summed E-state index contributed by atoms with van der Waals surface area (Å²) in [5.74, 6) is -1.04. The van der Waals surface area contributed by atoms with Crippen LogP contribution in [0.4, 0.5) is 0 Å². The van der Waals surface area contributed by atoms with Crippen LogP contribution in [0.15, 0.2) is 11.0 Å². The van der Waals surface area contributed by atoms with Crippen LogP contribution in [0, 0.1) is 6.92 Å². The molecular formula is C9H10N2O3. The van der Waals surface area contributed by atoms with E-state index in [1.165, 1.54) is 17.7 Å². The summed E-state index contributed by atoms with van der Waals surface area (Å²) in [5.41, 5.74) is 0.0332. The molecule has 0 aliphatic heterocycles. The van der Waals surface area contributed by atoms with Gasteiger partial charge in [-0.05, 0) is 19.8 Å². The summed E-state index contributed by atoms with van der Waals surface area (Å²) in [6.07, 6.45) is 3.26. The average Bonchev–Trinajstić information content (AvgIpc) is 2.86. The number of nitrogens with zero attached hydrogens (tertiary/aromatic N) is 2. The lowest BCUT2D eigenvalue weighted by Crippen LogP contribution is -2.24. The first-order chi connectivity index (χ1) is 6.59. The largest absolute Gasteiger partial charge is 0.478 e. The zero-order valence-corrected chi connectivity index (χ0v) is 7.73. The van der Waals surface area contributed by atoms with Gasteiger partial charge < -0.3 is 5.11 Å². The first-order valence-corrected chi connectivity index (χ1v) is 4.42. The maximum atomic E-state index is 11.4. The highest BCUT2D eigenvalue weighted by Crippen LogP contribution is 2.33. The van der Waals surface area contributed by atoms with Gasteiger partial charge in [-0.3, -0.25) is 4.57 Å². The van der Waals surface area contributed by atoms with E-state index in [1.54, 1.807) is 0 Å². The summed E-state index contributed by atoms with van der Waals surface area (Å²) in [5, 5.41) is 8.83. The fraction of sp³-hybridized carbons (Fsp3) is 0.444. The molecule has 14 heavy (non-hydrogen) atoms. The van der Waals surface area contributed by atoms with Crippen LogP contribution in [-0.4, -0.2) is 20.6 Å². The quantitative estimate of drug-likeness (QED) is 0.747. The second-order valence-electron chi connectivity index (χ2n) is 3.47. The molecule has 1 aliphatic rings. The Morgan fingerprint density at radius 3 is 2.79 bits per heavy atom. The number of carbonyl (C=O) groups is 1. The van der Waals surface area contributed by atoms with Gasteiger partial charge in [0.05, 0.1) is 11.3 Å². The number of hydrogen-bond donors (Lipinski definition) is 1. The van der Waals surface area contributed by atoms with Gasteiger partial charge >= 0.3 is 11.7 Å². The molecule has 1 fully saturated rings.